The van der Waals surface area contributed by atoms with Crippen molar-refractivity contribution in [3.05, 3.63) is 23.8 Å². The molecule has 1 aromatic rings. The number of rotatable bonds is 3. The van der Waals surface area contributed by atoms with E-state index < -0.39 is 11.6 Å². The Morgan fingerprint density at radius 2 is 2.29 bits per heavy atom. The topological polar surface area (TPSA) is 64.6 Å². The average molecular weight is 289 g/mol. The molecule has 5 heteroatoms. The lowest BCUT2D eigenvalue weighted by molar-refractivity contribution is -0.145. The van der Waals surface area contributed by atoms with Gasteiger partial charge in [-0.2, -0.15) is 0 Å². The van der Waals surface area contributed by atoms with E-state index in [1.807, 2.05) is 32.0 Å². The van der Waals surface area contributed by atoms with Crippen molar-refractivity contribution >= 4 is 11.7 Å². The maximum Gasteiger partial charge on any atom is 0.234 e. The van der Waals surface area contributed by atoms with Crippen LogP contribution in [0.4, 0.5) is 0 Å². The number of ketones is 1. The van der Waals surface area contributed by atoms with Crippen molar-refractivity contribution in [3.8, 4) is 11.5 Å². The number of hydrogen-bond donors (Lipinski definition) is 1. The van der Waals surface area contributed by atoms with Crippen LogP contribution >= 0.6 is 0 Å². The summed E-state index contributed by atoms with van der Waals surface area (Å²) in [5.41, 5.74) is 0.0990. The molecule has 0 aromatic heterocycles. The average Bonchev–Trinajstić information content (AvgIpc) is 2.38. The molecule has 2 aliphatic rings. The number of Topliss-reactive ketones (excluding diaryl/α,β-unsaturated/α-hetero) is 1. The molecule has 1 amide bonds. The van der Waals surface area contributed by atoms with E-state index in [4.69, 9.17) is 9.47 Å². The highest BCUT2D eigenvalue weighted by Crippen LogP contribution is 2.50. The van der Waals surface area contributed by atoms with Crippen molar-refractivity contribution in [1.29, 1.82) is 0 Å². The molecule has 1 N–H and O–H groups in total. The van der Waals surface area contributed by atoms with Crippen LogP contribution in [0, 0.1) is 5.92 Å². The molecule has 1 saturated heterocycles. The standard InChI is InChI=1S/C16H19NO4/c1-4-20-12-7-5-6-10-11-8-16(3,21-14(10)12)17-15(19)13(11)9(2)18/h5-7,11,13H,4,8H2,1-3H3,(H,17,19)/t11-,13+,16-/m0/s1. The number of hydrogen-bond acceptors (Lipinski definition) is 4. The summed E-state index contributed by atoms with van der Waals surface area (Å²) in [6.45, 7) is 5.74. The molecule has 0 spiro atoms. The zero-order valence-corrected chi connectivity index (χ0v) is 12.4. The fourth-order valence-electron chi connectivity index (χ4n) is 3.36. The smallest absolute Gasteiger partial charge is 0.234 e. The zero-order chi connectivity index (χ0) is 15.2. The lowest BCUT2D eigenvalue weighted by Crippen LogP contribution is -2.61. The normalized spacial score (nSPS) is 30.0. The molecule has 2 bridgehead atoms. The van der Waals surface area contributed by atoms with Crippen LogP contribution < -0.4 is 14.8 Å². The number of ether oxygens (including phenoxy) is 2. The largest absolute Gasteiger partial charge is 0.490 e. The summed E-state index contributed by atoms with van der Waals surface area (Å²) in [5.74, 6) is 0.111. The lowest BCUT2D eigenvalue weighted by atomic mass is 9.73. The van der Waals surface area contributed by atoms with Gasteiger partial charge in [-0.05, 0) is 26.8 Å². The van der Waals surface area contributed by atoms with Gasteiger partial charge in [-0.1, -0.05) is 12.1 Å². The van der Waals surface area contributed by atoms with Crippen LogP contribution in [0.2, 0.25) is 0 Å². The van der Waals surface area contributed by atoms with Gasteiger partial charge in [0.15, 0.2) is 17.2 Å². The third-order valence-electron chi connectivity index (χ3n) is 4.16. The Balaban J connectivity index is 2.13. The monoisotopic (exact) mass is 289 g/mol. The number of piperidine rings is 1. The Kier molecular flexibility index (Phi) is 3.15. The molecular formula is C16H19NO4. The second-order valence-corrected chi connectivity index (χ2v) is 5.83. The number of benzene rings is 1. The van der Waals surface area contributed by atoms with E-state index in [-0.39, 0.29) is 17.6 Å². The lowest BCUT2D eigenvalue weighted by Gasteiger charge is -2.46. The Labute approximate surface area is 123 Å². The van der Waals surface area contributed by atoms with Gasteiger partial charge >= 0.3 is 0 Å². The van der Waals surface area contributed by atoms with Crippen LogP contribution in [0.15, 0.2) is 18.2 Å². The number of nitrogens with one attached hydrogen (secondary N) is 1. The van der Waals surface area contributed by atoms with Gasteiger partial charge in [0.05, 0.1) is 6.61 Å². The number of carbonyl (C=O) groups is 2. The van der Waals surface area contributed by atoms with E-state index in [1.54, 1.807) is 0 Å². The molecule has 21 heavy (non-hydrogen) atoms. The summed E-state index contributed by atoms with van der Waals surface area (Å²) in [6, 6.07) is 5.63. The Hall–Kier alpha value is -2.04. The second kappa shape index (κ2) is 4.76. The molecule has 0 radical (unpaired) electrons. The molecule has 1 fully saturated rings. The maximum absolute atomic E-state index is 12.2. The first-order valence-corrected chi connectivity index (χ1v) is 7.22. The summed E-state index contributed by atoms with van der Waals surface area (Å²) in [6.07, 6.45) is 0.589. The van der Waals surface area contributed by atoms with Crippen molar-refractivity contribution in [2.24, 2.45) is 5.92 Å². The van der Waals surface area contributed by atoms with Crippen LogP contribution in [0.25, 0.3) is 0 Å². The molecule has 0 unspecified atom stereocenters. The Morgan fingerprint density at radius 1 is 1.52 bits per heavy atom. The Bertz CT molecular complexity index is 612. The fourth-order valence-corrected chi connectivity index (χ4v) is 3.36. The van der Waals surface area contributed by atoms with E-state index >= 15 is 0 Å². The highest BCUT2D eigenvalue weighted by Gasteiger charge is 2.51. The summed E-state index contributed by atoms with van der Waals surface area (Å²) < 4.78 is 11.6. The molecule has 3 atom stereocenters. The molecule has 2 aliphatic heterocycles. The number of amides is 1. The van der Waals surface area contributed by atoms with E-state index in [0.717, 1.165) is 5.56 Å². The molecule has 112 valence electrons. The summed E-state index contributed by atoms with van der Waals surface area (Å²) in [7, 11) is 0. The second-order valence-electron chi connectivity index (χ2n) is 5.83. The van der Waals surface area contributed by atoms with Gasteiger partial charge in [-0.15, -0.1) is 0 Å². The van der Waals surface area contributed by atoms with Gasteiger partial charge in [0.1, 0.15) is 11.7 Å². The van der Waals surface area contributed by atoms with Gasteiger partial charge in [-0.3, -0.25) is 9.59 Å². The zero-order valence-electron chi connectivity index (χ0n) is 12.4. The van der Waals surface area contributed by atoms with Gasteiger partial charge in [-0.25, -0.2) is 0 Å². The maximum atomic E-state index is 12.2. The fraction of sp³-hybridized carbons (Fsp3) is 0.500. The number of para-hydroxylation sites is 1. The molecule has 2 heterocycles. The van der Waals surface area contributed by atoms with Crippen LogP contribution in [-0.4, -0.2) is 24.0 Å². The van der Waals surface area contributed by atoms with E-state index in [0.29, 0.717) is 24.5 Å². The molecule has 5 nitrogen and oxygen atoms in total. The van der Waals surface area contributed by atoms with Crippen molar-refractivity contribution in [2.45, 2.75) is 38.8 Å². The first-order chi connectivity index (χ1) is 9.95. The number of carbonyl (C=O) groups excluding carboxylic acids is 2. The predicted molar refractivity (Wildman–Crippen MR) is 76.3 cm³/mol. The van der Waals surface area contributed by atoms with Gasteiger partial charge in [0.25, 0.3) is 0 Å². The SMILES string of the molecule is CCOc1cccc2c1O[C@@]1(C)C[C@@H]2[C@@H](C(C)=O)C(=O)N1. The minimum atomic E-state index is -0.784. The quantitative estimate of drug-likeness (QED) is 0.864. The summed E-state index contributed by atoms with van der Waals surface area (Å²) in [4.78, 5) is 24.1. The van der Waals surface area contributed by atoms with Crippen LogP contribution in [0.1, 0.15) is 38.7 Å². The molecule has 0 aliphatic carbocycles. The van der Waals surface area contributed by atoms with Gasteiger partial charge < -0.3 is 14.8 Å². The van der Waals surface area contributed by atoms with Crippen LogP contribution in [-0.2, 0) is 9.59 Å². The van der Waals surface area contributed by atoms with Crippen LogP contribution in [0.3, 0.4) is 0 Å². The highest BCUT2D eigenvalue weighted by atomic mass is 16.5. The van der Waals surface area contributed by atoms with Crippen molar-refractivity contribution in [1.82, 2.24) is 5.32 Å². The van der Waals surface area contributed by atoms with Crippen LogP contribution in [0.5, 0.6) is 11.5 Å². The minimum absolute atomic E-state index is 0.116. The Morgan fingerprint density at radius 3 is 2.95 bits per heavy atom. The van der Waals surface area contributed by atoms with Crippen molar-refractivity contribution < 1.29 is 19.1 Å². The molecular weight excluding hydrogens is 270 g/mol. The predicted octanol–water partition coefficient (Wildman–Crippen LogP) is 2.00. The molecule has 1 aromatic carbocycles. The third kappa shape index (κ3) is 2.17. The molecule has 3 rings (SSSR count). The van der Waals surface area contributed by atoms with Gasteiger partial charge in [0.2, 0.25) is 5.91 Å². The molecule has 0 saturated carbocycles. The first kappa shape index (κ1) is 13.9. The third-order valence-corrected chi connectivity index (χ3v) is 4.16. The first-order valence-electron chi connectivity index (χ1n) is 7.22. The minimum Gasteiger partial charge on any atom is -0.490 e. The summed E-state index contributed by atoms with van der Waals surface area (Å²) >= 11 is 0. The van der Waals surface area contributed by atoms with Gasteiger partial charge in [0, 0.05) is 17.9 Å². The highest BCUT2D eigenvalue weighted by molar-refractivity contribution is 6.02. The van der Waals surface area contributed by atoms with Crippen molar-refractivity contribution in [3.63, 3.8) is 0 Å². The van der Waals surface area contributed by atoms with E-state index in [1.165, 1.54) is 6.92 Å². The van der Waals surface area contributed by atoms with E-state index in [9.17, 15) is 9.59 Å². The van der Waals surface area contributed by atoms with E-state index in [2.05, 4.69) is 5.32 Å². The van der Waals surface area contributed by atoms with Crippen molar-refractivity contribution in [2.75, 3.05) is 6.61 Å². The summed E-state index contributed by atoms with van der Waals surface area (Å²) in [5, 5.41) is 2.83. The number of fused-ring (bicyclic) bond motifs is 4.